The summed E-state index contributed by atoms with van der Waals surface area (Å²) in [6.07, 6.45) is 0. The van der Waals surface area contributed by atoms with Gasteiger partial charge in [0.1, 0.15) is 11.0 Å². The van der Waals surface area contributed by atoms with E-state index in [1.165, 1.54) is 11.8 Å². The molecule has 1 heterocycles. The fourth-order valence-electron chi connectivity index (χ4n) is 3.04. The molecule has 0 saturated carbocycles. The molecule has 0 spiro atoms. The summed E-state index contributed by atoms with van der Waals surface area (Å²) in [7, 11) is 0. The zero-order valence-corrected chi connectivity index (χ0v) is 18.6. The van der Waals surface area contributed by atoms with Gasteiger partial charge in [-0.2, -0.15) is 0 Å². The highest BCUT2D eigenvalue weighted by atomic mass is 32.2. The topological polar surface area (TPSA) is 77.2 Å². The zero-order valence-electron chi connectivity index (χ0n) is 17.8. The predicted octanol–water partition coefficient (Wildman–Crippen LogP) is 5.74. The number of carbonyl (C=O) groups is 1. The number of anilines is 1. The molecule has 6 nitrogen and oxygen atoms in total. The number of nitrogens with one attached hydrogen (secondary N) is 1. The van der Waals surface area contributed by atoms with Crippen LogP contribution in [0.1, 0.15) is 27.8 Å². The Hall–Kier alpha value is -3.58. The van der Waals surface area contributed by atoms with E-state index in [1.807, 2.05) is 92.7 Å². The van der Waals surface area contributed by atoms with E-state index in [-0.39, 0.29) is 12.5 Å². The van der Waals surface area contributed by atoms with Crippen LogP contribution in [0.4, 0.5) is 5.69 Å². The number of rotatable bonds is 8. The zero-order chi connectivity index (χ0) is 22.3. The highest BCUT2D eigenvalue weighted by molar-refractivity contribution is 8.00. The number of aromatic nitrogens is 2. The summed E-state index contributed by atoms with van der Waals surface area (Å²) in [6.45, 7) is 4.16. The minimum absolute atomic E-state index is 0.155. The molecule has 1 N–H and O–H groups in total. The lowest BCUT2D eigenvalue weighted by Crippen LogP contribution is -2.19. The van der Waals surface area contributed by atoms with Crippen LogP contribution in [-0.2, 0) is 11.4 Å². The van der Waals surface area contributed by atoms with Crippen LogP contribution in [0.2, 0.25) is 0 Å². The van der Waals surface area contributed by atoms with Crippen molar-refractivity contribution in [1.82, 2.24) is 10.2 Å². The van der Waals surface area contributed by atoms with Crippen molar-refractivity contribution in [3.05, 3.63) is 101 Å². The van der Waals surface area contributed by atoms with Crippen LogP contribution in [0.5, 0.6) is 5.75 Å². The summed E-state index contributed by atoms with van der Waals surface area (Å²) in [5.74, 6) is 0.914. The molecule has 0 unspecified atom stereocenters. The molecule has 0 fully saturated rings. The summed E-state index contributed by atoms with van der Waals surface area (Å²) in [5.41, 5.74) is 3.82. The molecule has 1 aromatic heterocycles. The van der Waals surface area contributed by atoms with Crippen LogP contribution in [0.25, 0.3) is 0 Å². The fourth-order valence-corrected chi connectivity index (χ4v) is 3.93. The van der Waals surface area contributed by atoms with Gasteiger partial charge in [-0.25, -0.2) is 0 Å². The molecule has 0 aliphatic heterocycles. The second kappa shape index (κ2) is 10.2. The first-order valence-corrected chi connectivity index (χ1v) is 11.1. The average molecular weight is 446 g/mol. The molecule has 7 heteroatoms. The number of amides is 1. The summed E-state index contributed by atoms with van der Waals surface area (Å²) in [6, 6.07) is 24.9. The molecule has 32 heavy (non-hydrogen) atoms. The number of thioether (sulfide) groups is 1. The second-order valence-corrected chi connectivity index (χ2v) is 8.39. The van der Waals surface area contributed by atoms with Crippen molar-refractivity contribution in [2.45, 2.75) is 30.9 Å². The van der Waals surface area contributed by atoms with Crippen molar-refractivity contribution < 1.29 is 13.9 Å². The number of aryl methyl sites for hydroxylation is 2. The van der Waals surface area contributed by atoms with Crippen LogP contribution >= 0.6 is 11.8 Å². The van der Waals surface area contributed by atoms with E-state index in [9.17, 15) is 4.79 Å². The fraction of sp³-hybridized carbons (Fsp3) is 0.160. The molecule has 162 valence electrons. The van der Waals surface area contributed by atoms with Gasteiger partial charge in [0.15, 0.2) is 6.61 Å². The molecule has 0 saturated heterocycles. The summed E-state index contributed by atoms with van der Waals surface area (Å²) < 4.78 is 11.5. The second-order valence-electron chi connectivity index (χ2n) is 7.33. The first-order chi connectivity index (χ1) is 15.6. The molecule has 0 aliphatic carbocycles. The van der Waals surface area contributed by atoms with Gasteiger partial charge in [-0.05, 0) is 61.0 Å². The molecular formula is C25H23N3O3S. The number of hydrogen-bond acceptors (Lipinski definition) is 6. The molecule has 3 aromatic carbocycles. The van der Waals surface area contributed by atoms with E-state index in [4.69, 9.17) is 9.15 Å². The number of hydrogen-bond donors (Lipinski definition) is 1. The average Bonchev–Trinajstić information content (AvgIpc) is 3.26. The molecular weight excluding hydrogens is 422 g/mol. The molecule has 1 atom stereocenters. The maximum Gasteiger partial charge on any atom is 0.277 e. The first kappa shape index (κ1) is 21.6. The summed E-state index contributed by atoms with van der Waals surface area (Å²) in [5, 5.41) is 10.9. The van der Waals surface area contributed by atoms with Crippen molar-refractivity contribution in [2.24, 2.45) is 0 Å². The number of carbonyl (C=O) groups excluding carboxylic acids is 1. The van der Waals surface area contributed by atoms with Gasteiger partial charge in [-0.1, -0.05) is 60.2 Å². The standard InChI is InChI=1S/C25H23N3O3S/c1-17-11-13-20(14-12-17)26-24(29)23(19-8-4-3-5-9-19)32-25-28-27-22(31-25)16-30-21-10-6-7-18(2)15-21/h3-15,23H,16H2,1-2H3,(H,26,29)/t23-/m1/s1. The van der Waals surface area contributed by atoms with E-state index in [0.717, 1.165) is 28.1 Å². The van der Waals surface area contributed by atoms with Gasteiger partial charge in [0.25, 0.3) is 11.1 Å². The van der Waals surface area contributed by atoms with E-state index in [2.05, 4.69) is 15.5 Å². The molecule has 0 radical (unpaired) electrons. The van der Waals surface area contributed by atoms with Gasteiger partial charge >= 0.3 is 0 Å². The monoisotopic (exact) mass is 445 g/mol. The molecule has 4 aromatic rings. The van der Waals surface area contributed by atoms with Crippen molar-refractivity contribution in [3.8, 4) is 5.75 Å². The Morgan fingerprint density at radius 3 is 2.50 bits per heavy atom. The van der Waals surface area contributed by atoms with Crippen molar-refractivity contribution in [2.75, 3.05) is 5.32 Å². The molecule has 0 aliphatic rings. The summed E-state index contributed by atoms with van der Waals surface area (Å²) in [4.78, 5) is 13.1. The van der Waals surface area contributed by atoms with Gasteiger partial charge in [0, 0.05) is 5.69 Å². The highest BCUT2D eigenvalue weighted by Crippen LogP contribution is 2.35. The first-order valence-electron chi connectivity index (χ1n) is 10.2. The Morgan fingerprint density at radius 2 is 1.75 bits per heavy atom. The van der Waals surface area contributed by atoms with E-state index in [0.29, 0.717) is 11.1 Å². The highest BCUT2D eigenvalue weighted by Gasteiger charge is 2.25. The normalized spacial score (nSPS) is 11.7. The minimum atomic E-state index is -0.552. The van der Waals surface area contributed by atoms with Crippen LogP contribution in [0.15, 0.2) is 88.5 Å². The van der Waals surface area contributed by atoms with Crippen molar-refractivity contribution in [1.29, 1.82) is 0 Å². The summed E-state index contributed by atoms with van der Waals surface area (Å²) >= 11 is 1.21. The van der Waals surface area contributed by atoms with Crippen LogP contribution < -0.4 is 10.1 Å². The Kier molecular flexibility index (Phi) is 6.87. The van der Waals surface area contributed by atoms with Gasteiger partial charge in [0.2, 0.25) is 5.91 Å². The number of benzene rings is 3. The maximum absolute atomic E-state index is 13.1. The van der Waals surface area contributed by atoms with E-state index in [1.54, 1.807) is 0 Å². The Balaban J connectivity index is 1.46. The van der Waals surface area contributed by atoms with Crippen LogP contribution in [0.3, 0.4) is 0 Å². The van der Waals surface area contributed by atoms with Gasteiger partial charge in [-0.3, -0.25) is 4.79 Å². The Labute approximate surface area is 191 Å². The van der Waals surface area contributed by atoms with E-state index >= 15 is 0 Å². The number of nitrogens with zero attached hydrogens (tertiary/aromatic N) is 2. The largest absolute Gasteiger partial charge is 0.484 e. The number of ether oxygens (including phenoxy) is 1. The van der Waals surface area contributed by atoms with Gasteiger partial charge < -0.3 is 14.5 Å². The van der Waals surface area contributed by atoms with Gasteiger partial charge in [-0.15, -0.1) is 10.2 Å². The van der Waals surface area contributed by atoms with Crippen LogP contribution in [0, 0.1) is 13.8 Å². The van der Waals surface area contributed by atoms with Gasteiger partial charge in [0.05, 0.1) is 0 Å². The lowest BCUT2D eigenvalue weighted by molar-refractivity contribution is -0.115. The third kappa shape index (κ3) is 5.76. The van der Waals surface area contributed by atoms with Crippen molar-refractivity contribution in [3.63, 3.8) is 0 Å². The molecule has 1 amide bonds. The predicted molar refractivity (Wildman–Crippen MR) is 125 cm³/mol. The Morgan fingerprint density at radius 1 is 0.969 bits per heavy atom. The third-order valence-corrected chi connectivity index (χ3v) is 5.77. The molecule has 4 rings (SSSR count). The SMILES string of the molecule is Cc1ccc(NC(=O)[C@H](Sc2nnc(COc3cccc(C)c3)o2)c2ccccc2)cc1. The van der Waals surface area contributed by atoms with E-state index < -0.39 is 5.25 Å². The quantitative estimate of drug-likeness (QED) is 0.349. The third-order valence-electron chi connectivity index (χ3n) is 4.68. The van der Waals surface area contributed by atoms with Crippen LogP contribution in [-0.4, -0.2) is 16.1 Å². The minimum Gasteiger partial charge on any atom is -0.484 e. The smallest absolute Gasteiger partial charge is 0.277 e. The molecule has 0 bridgehead atoms. The lowest BCUT2D eigenvalue weighted by Gasteiger charge is -2.15. The maximum atomic E-state index is 13.1. The lowest BCUT2D eigenvalue weighted by atomic mass is 10.1. The Bertz CT molecular complexity index is 1180. The van der Waals surface area contributed by atoms with Crippen molar-refractivity contribution >= 4 is 23.4 Å².